The summed E-state index contributed by atoms with van der Waals surface area (Å²) in [7, 11) is 0. The molecule has 4 saturated carbocycles. The molecule has 2 N–H and O–H groups in total. The summed E-state index contributed by atoms with van der Waals surface area (Å²) in [6.07, 6.45) is -0.0825. The van der Waals surface area contributed by atoms with Gasteiger partial charge in [-0.25, -0.2) is 14.2 Å². The third kappa shape index (κ3) is 4.15. The quantitative estimate of drug-likeness (QED) is 0.182. The number of ether oxygens (including phenoxy) is 2. The summed E-state index contributed by atoms with van der Waals surface area (Å²) in [5, 5.41) is 17.7. The number of nitrogens with zero attached hydrogens (tertiary/aromatic N) is 2. The first-order valence-electron chi connectivity index (χ1n) is 14.6. The number of nitrogens with one attached hydrogen (secondary N) is 1. The summed E-state index contributed by atoms with van der Waals surface area (Å²) in [5.74, 6) is -0.813. The Kier molecular flexibility index (Phi) is 6.10. The number of aromatic nitrogens is 2. The molecule has 8 nitrogen and oxygen atoms in total. The maximum atomic E-state index is 14.6. The number of hydrogen-bond acceptors (Lipinski definition) is 8. The number of benzene rings is 2. The number of halogens is 4. The normalized spacial score (nSPS) is 27.1. The van der Waals surface area contributed by atoms with Crippen molar-refractivity contribution in [3.05, 3.63) is 58.6 Å². The number of fused-ring (bicyclic) bond motifs is 1. The highest BCUT2D eigenvalue weighted by Crippen LogP contribution is 2.75. The fourth-order valence-electron chi connectivity index (χ4n) is 7.79. The Bertz CT molecular complexity index is 1810. The Morgan fingerprint density at radius 1 is 1.23 bits per heavy atom. The number of alkyl halides is 3. The first kappa shape index (κ1) is 27.8. The van der Waals surface area contributed by atoms with Crippen LogP contribution in [0.4, 0.5) is 22.7 Å². The molecule has 4 fully saturated rings. The van der Waals surface area contributed by atoms with E-state index in [1.54, 1.807) is 19.1 Å². The number of hydrogen-bond donors (Lipinski definition) is 2. The van der Waals surface area contributed by atoms with E-state index in [0.717, 1.165) is 32.1 Å². The standard InChI is InChI=1S/C31H27F4N3O5S/c1-13-23(32)16(28(39)40)10-21-24(13)36-29(44-21)37-26-18-8-9-30(18)19(26)11-22(30)41-12-17-25(38-43-27(17)14-6-7-14)15-4-2-3-5-20(15)42-31(33,34)35/h2-5,10,14,18-19,22,26H,6-9,11-12H2,1H3,(H,36,37)(H,39,40). The van der Waals surface area contributed by atoms with Gasteiger partial charge in [0.05, 0.1) is 28.5 Å². The molecule has 0 saturated heterocycles. The molecule has 0 amide bonds. The molecule has 2 aromatic carbocycles. The second-order valence-electron chi connectivity index (χ2n) is 12.3. The second-order valence-corrected chi connectivity index (χ2v) is 13.3. The van der Waals surface area contributed by atoms with Crippen molar-refractivity contribution in [1.29, 1.82) is 0 Å². The maximum absolute atomic E-state index is 14.6. The molecule has 2 heterocycles. The fourth-order valence-corrected chi connectivity index (χ4v) is 8.80. The smallest absolute Gasteiger partial charge is 0.478 e. The van der Waals surface area contributed by atoms with Crippen LogP contribution in [-0.2, 0) is 11.3 Å². The number of para-hydroxylation sites is 1. The molecule has 13 heteroatoms. The number of carboxylic acids is 1. The molecule has 0 bridgehead atoms. The van der Waals surface area contributed by atoms with Crippen LogP contribution in [0.1, 0.15) is 65.3 Å². The van der Waals surface area contributed by atoms with Crippen LogP contribution in [0.3, 0.4) is 0 Å². The summed E-state index contributed by atoms with van der Waals surface area (Å²) in [4.78, 5) is 16.1. The van der Waals surface area contributed by atoms with E-state index in [-0.39, 0.29) is 52.5 Å². The molecule has 5 atom stereocenters. The van der Waals surface area contributed by atoms with Crippen LogP contribution in [0.5, 0.6) is 5.75 Å². The van der Waals surface area contributed by atoms with Gasteiger partial charge in [-0.15, -0.1) is 13.2 Å². The monoisotopic (exact) mass is 629 g/mol. The topological polar surface area (TPSA) is 107 Å². The average Bonchev–Trinajstić information content (AvgIpc) is 3.56. The third-order valence-corrected chi connectivity index (χ3v) is 11.1. The predicted molar refractivity (Wildman–Crippen MR) is 151 cm³/mol. The molecule has 4 aliphatic rings. The van der Waals surface area contributed by atoms with Gasteiger partial charge < -0.3 is 24.4 Å². The molecule has 5 unspecified atom stereocenters. The lowest BCUT2D eigenvalue weighted by atomic mass is 9.30. The molecular weight excluding hydrogens is 602 g/mol. The Hall–Kier alpha value is -3.71. The van der Waals surface area contributed by atoms with E-state index in [9.17, 15) is 27.5 Å². The van der Waals surface area contributed by atoms with Gasteiger partial charge in [0.2, 0.25) is 0 Å². The van der Waals surface area contributed by atoms with Crippen molar-refractivity contribution >= 4 is 32.7 Å². The largest absolute Gasteiger partial charge is 0.573 e. The van der Waals surface area contributed by atoms with Crippen LogP contribution >= 0.6 is 11.3 Å². The van der Waals surface area contributed by atoms with Crippen molar-refractivity contribution < 1.29 is 41.5 Å². The van der Waals surface area contributed by atoms with Gasteiger partial charge in [0.25, 0.3) is 0 Å². The van der Waals surface area contributed by atoms with Gasteiger partial charge in [0.15, 0.2) is 5.13 Å². The van der Waals surface area contributed by atoms with Gasteiger partial charge in [-0.3, -0.25) is 0 Å². The number of anilines is 1. The molecule has 2 aromatic heterocycles. The van der Waals surface area contributed by atoms with Crippen LogP contribution in [0.15, 0.2) is 34.9 Å². The summed E-state index contributed by atoms with van der Waals surface area (Å²) in [6, 6.07) is 7.46. The van der Waals surface area contributed by atoms with Gasteiger partial charge >= 0.3 is 12.3 Å². The van der Waals surface area contributed by atoms with E-state index in [2.05, 4.69) is 20.2 Å². The van der Waals surface area contributed by atoms with E-state index in [4.69, 9.17) is 9.26 Å². The molecule has 230 valence electrons. The lowest BCUT2D eigenvalue weighted by Crippen LogP contribution is -2.80. The summed E-state index contributed by atoms with van der Waals surface area (Å²) < 4.78 is 71.0. The minimum Gasteiger partial charge on any atom is -0.478 e. The number of aromatic carboxylic acids is 1. The van der Waals surface area contributed by atoms with Crippen LogP contribution in [0, 0.1) is 30.0 Å². The summed E-state index contributed by atoms with van der Waals surface area (Å²) in [6.45, 7) is 1.73. The predicted octanol–water partition coefficient (Wildman–Crippen LogP) is 7.67. The van der Waals surface area contributed by atoms with Gasteiger partial charge in [0.1, 0.15) is 23.0 Å². The first-order chi connectivity index (χ1) is 21.0. The SMILES string of the molecule is Cc1c(F)c(C(=O)O)cc2sc(NC3C4CCC45C(OCc4c(-c6ccccc6OC(F)(F)F)noc4C4CC4)CC35)nc12. The second kappa shape index (κ2) is 9.64. The van der Waals surface area contributed by atoms with Gasteiger partial charge in [-0.1, -0.05) is 28.6 Å². The Labute approximate surface area is 252 Å². The molecule has 4 aromatic rings. The summed E-state index contributed by atoms with van der Waals surface area (Å²) >= 11 is 1.32. The lowest BCUT2D eigenvalue weighted by Gasteiger charge is -2.77. The summed E-state index contributed by atoms with van der Waals surface area (Å²) in [5.41, 5.74) is 1.57. The number of carbonyl (C=O) groups is 1. The van der Waals surface area contributed by atoms with Crippen molar-refractivity contribution in [3.8, 4) is 17.0 Å². The Morgan fingerprint density at radius 2 is 2.02 bits per heavy atom. The van der Waals surface area contributed by atoms with Crippen molar-refractivity contribution in [1.82, 2.24) is 10.1 Å². The first-order valence-corrected chi connectivity index (χ1v) is 15.4. The van der Waals surface area contributed by atoms with Gasteiger partial charge in [-0.05, 0) is 69.1 Å². The Morgan fingerprint density at radius 3 is 2.70 bits per heavy atom. The zero-order valence-electron chi connectivity index (χ0n) is 23.4. The van der Waals surface area contributed by atoms with Crippen molar-refractivity contribution in [2.75, 3.05) is 5.32 Å². The number of carboxylic acid groups (broad SMARTS) is 1. The van der Waals surface area contributed by atoms with Crippen LogP contribution in [0.2, 0.25) is 0 Å². The van der Waals surface area contributed by atoms with Crippen LogP contribution < -0.4 is 10.1 Å². The van der Waals surface area contributed by atoms with E-state index in [1.165, 1.54) is 29.5 Å². The molecule has 1 spiro atoms. The molecule has 0 aliphatic heterocycles. The molecule has 0 radical (unpaired) electrons. The minimum atomic E-state index is -4.84. The van der Waals surface area contributed by atoms with E-state index >= 15 is 0 Å². The lowest BCUT2D eigenvalue weighted by molar-refractivity contribution is -0.310. The van der Waals surface area contributed by atoms with E-state index in [0.29, 0.717) is 44.2 Å². The zero-order chi connectivity index (χ0) is 30.5. The Balaban J connectivity index is 0.990. The zero-order valence-corrected chi connectivity index (χ0v) is 24.2. The van der Waals surface area contributed by atoms with Crippen molar-refractivity contribution in [3.63, 3.8) is 0 Å². The van der Waals surface area contributed by atoms with Gasteiger partial charge in [-0.2, -0.15) is 0 Å². The van der Waals surface area contributed by atoms with Crippen molar-refractivity contribution in [2.45, 2.75) is 70.1 Å². The van der Waals surface area contributed by atoms with Crippen LogP contribution in [0.25, 0.3) is 21.5 Å². The molecule has 4 aliphatic carbocycles. The highest BCUT2D eigenvalue weighted by Gasteiger charge is 2.76. The molecule has 8 rings (SSSR count). The highest BCUT2D eigenvalue weighted by molar-refractivity contribution is 7.22. The van der Waals surface area contributed by atoms with E-state index < -0.39 is 18.1 Å². The number of aryl methyl sites for hydroxylation is 1. The van der Waals surface area contributed by atoms with Crippen LogP contribution in [-0.4, -0.2) is 39.7 Å². The third-order valence-electron chi connectivity index (χ3n) is 10.1. The fraction of sp³-hybridized carbons (Fsp3) is 0.452. The van der Waals surface area contributed by atoms with Gasteiger partial charge in [0, 0.05) is 34.1 Å². The number of rotatable bonds is 9. The molecular formula is C31H27F4N3O5S. The maximum Gasteiger partial charge on any atom is 0.573 e. The highest BCUT2D eigenvalue weighted by atomic mass is 32.1. The minimum absolute atomic E-state index is 0.00519. The van der Waals surface area contributed by atoms with Crippen molar-refractivity contribution in [2.24, 2.45) is 17.3 Å². The van der Waals surface area contributed by atoms with E-state index in [1.807, 2.05) is 0 Å². The average molecular weight is 630 g/mol. The molecule has 44 heavy (non-hydrogen) atoms. The number of thiazole rings is 1.